The van der Waals surface area contributed by atoms with Gasteiger partial charge in [0.15, 0.2) is 0 Å². The lowest BCUT2D eigenvalue weighted by atomic mass is 10.0. The average Bonchev–Trinajstić information content (AvgIpc) is 2.70. The van der Waals surface area contributed by atoms with Crippen molar-refractivity contribution >= 4 is 42.3 Å². The minimum Gasteiger partial charge on any atom is -0.495 e. The first kappa shape index (κ1) is 28.9. The second kappa shape index (κ2) is 14.0. The summed E-state index contributed by atoms with van der Waals surface area (Å²) in [6, 6.07) is 6.50. The zero-order chi connectivity index (χ0) is 22.1. The highest BCUT2D eigenvalue weighted by atomic mass is 35.5. The van der Waals surface area contributed by atoms with Crippen LogP contribution in [0.15, 0.2) is 36.7 Å². The number of nitrogens with two attached hydrogens (primary N) is 1. The average molecular weight is 490 g/mol. The molecule has 1 heterocycles. The van der Waals surface area contributed by atoms with Crippen LogP contribution in [0.2, 0.25) is 0 Å². The van der Waals surface area contributed by atoms with Gasteiger partial charge in [-0.2, -0.15) is 0 Å². The Morgan fingerprint density at radius 2 is 1.94 bits per heavy atom. The Hall–Kier alpha value is -3.15. The van der Waals surface area contributed by atoms with Crippen LogP contribution in [0.25, 0.3) is 11.1 Å². The summed E-state index contributed by atoms with van der Waals surface area (Å²) in [5.74, 6) is -0.219. The number of anilines is 1. The number of hydrogen-bond donors (Lipinski definition) is 3. The zero-order valence-electron chi connectivity index (χ0n) is 17.4. The van der Waals surface area contributed by atoms with E-state index in [1.165, 1.54) is 13.3 Å². The van der Waals surface area contributed by atoms with Crippen LogP contribution in [-0.2, 0) is 9.63 Å². The van der Waals surface area contributed by atoms with Crippen molar-refractivity contribution in [1.82, 2.24) is 10.3 Å². The van der Waals surface area contributed by atoms with Crippen LogP contribution < -0.4 is 21.1 Å². The van der Waals surface area contributed by atoms with Crippen LogP contribution >= 0.6 is 24.8 Å². The van der Waals surface area contributed by atoms with Gasteiger partial charge in [-0.15, -0.1) is 34.9 Å². The lowest BCUT2D eigenvalue weighted by molar-refractivity contribution is -0.757. The van der Waals surface area contributed by atoms with E-state index in [-0.39, 0.29) is 61.9 Å². The maximum atomic E-state index is 12.2. The minimum absolute atomic E-state index is 0. The van der Waals surface area contributed by atoms with Gasteiger partial charge in [-0.1, -0.05) is 6.07 Å². The number of hydrogen-bond acceptors (Lipinski definition) is 8. The minimum atomic E-state index is -0.928. The number of nitrogens with one attached hydrogen (secondary N) is 2. The van der Waals surface area contributed by atoms with E-state index in [0.717, 1.165) is 0 Å². The molecule has 0 aliphatic carbocycles. The Bertz CT molecular complexity index is 929. The molecule has 1 aromatic heterocycles. The number of rotatable bonds is 10. The summed E-state index contributed by atoms with van der Waals surface area (Å²) < 4.78 is 5.29. The number of benzene rings is 1. The summed E-state index contributed by atoms with van der Waals surface area (Å²) in [6.45, 7) is 1.45. The maximum absolute atomic E-state index is 12.2. The summed E-state index contributed by atoms with van der Waals surface area (Å²) in [6.07, 6.45) is 3.11. The first-order valence-corrected chi connectivity index (χ1v) is 9.04. The zero-order valence-corrected chi connectivity index (χ0v) is 19.0. The monoisotopic (exact) mass is 489 g/mol. The normalized spacial score (nSPS) is 10.6. The fourth-order valence-electron chi connectivity index (χ4n) is 2.59. The predicted molar refractivity (Wildman–Crippen MR) is 123 cm³/mol. The number of carbonyl (C=O) groups excluding carboxylic acids is 2. The molecule has 0 radical (unpaired) electrons. The molecule has 0 saturated carbocycles. The molecule has 0 aliphatic heterocycles. The van der Waals surface area contributed by atoms with E-state index in [1.54, 1.807) is 37.4 Å². The first-order valence-electron chi connectivity index (χ1n) is 9.04. The van der Waals surface area contributed by atoms with Crippen LogP contribution in [0.5, 0.6) is 5.75 Å². The summed E-state index contributed by atoms with van der Waals surface area (Å²) in [4.78, 5) is 42.7. The highest BCUT2D eigenvalue weighted by Crippen LogP contribution is 2.31. The van der Waals surface area contributed by atoms with Crippen molar-refractivity contribution < 1.29 is 24.3 Å². The Morgan fingerprint density at radius 1 is 1.22 bits per heavy atom. The molecule has 2 amide bonds. The molecule has 1 unspecified atom stereocenters. The maximum Gasteiger partial charge on any atom is 0.294 e. The van der Waals surface area contributed by atoms with Gasteiger partial charge >= 0.3 is 0 Å². The summed E-state index contributed by atoms with van der Waals surface area (Å²) in [7, 11) is 1.49. The molecular formula is C19H25Cl2N5O6. The van der Waals surface area contributed by atoms with E-state index in [1.807, 2.05) is 0 Å². The van der Waals surface area contributed by atoms with E-state index < -0.39 is 11.0 Å². The van der Waals surface area contributed by atoms with Crippen LogP contribution in [0.3, 0.4) is 0 Å². The number of methoxy groups -OCH3 is 1. The standard InChI is InChI=1S/C19H23N5O6.2ClH/c1-12(20)7-18(25)23-16-9-13(3-4-17(16)29-2)14-8-15(11-21-10-14)19(26)22-5-6-30-24(27)28;;/h3-4,8-12H,5-7,20H2,1-2H3,(H,22,26)(H,23,25);2*1H. The third-order valence-corrected chi connectivity index (χ3v) is 3.90. The van der Waals surface area contributed by atoms with Crippen molar-refractivity contribution in [2.75, 3.05) is 25.6 Å². The van der Waals surface area contributed by atoms with Gasteiger partial charge in [0, 0.05) is 37.0 Å². The topological polar surface area (TPSA) is 159 Å². The second-order valence-corrected chi connectivity index (χ2v) is 6.42. The van der Waals surface area contributed by atoms with Crippen LogP contribution in [0, 0.1) is 10.1 Å². The Balaban J connectivity index is 0.00000480. The number of carbonyl (C=O) groups is 2. The van der Waals surface area contributed by atoms with Gasteiger partial charge in [-0.25, -0.2) is 0 Å². The smallest absolute Gasteiger partial charge is 0.294 e. The lowest BCUT2D eigenvalue weighted by Crippen LogP contribution is -2.28. The number of nitrogens with zero attached hydrogens (tertiary/aromatic N) is 2. The molecule has 176 valence electrons. The Labute approximate surface area is 197 Å². The van der Waals surface area contributed by atoms with Crippen molar-refractivity contribution in [2.45, 2.75) is 19.4 Å². The summed E-state index contributed by atoms with van der Waals surface area (Å²) in [5.41, 5.74) is 7.73. The number of halogens is 2. The van der Waals surface area contributed by atoms with Crippen molar-refractivity contribution in [3.8, 4) is 16.9 Å². The fourth-order valence-corrected chi connectivity index (χ4v) is 2.59. The predicted octanol–water partition coefficient (Wildman–Crippen LogP) is 2.21. The van der Waals surface area contributed by atoms with Crippen molar-refractivity contribution in [1.29, 1.82) is 0 Å². The molecule has 2 rings (SSSR count). The van der Waals surface area contributed by atoms with Gasteiger partial charge in [0.05, 0.1) is 18.4 Å². The molecule has 2 aromatic rings. The third kappa shape index (κ3) is 8.92. The van der Waals surface area contributed by atoms with E-state index in [4.69, 9.17) is 10.5 Å². The van der Waals surface area contributed by atoms with Gasteiger partial charge in [0.2, 0.25) is 5.91 Å². The quantitative estimate of drug-likeness (QED) is 0.260. The lowest BCUT2D eigenvalue weighted by Gasteiger charge is -2.13. The molecule has 0 bridgehead atoms. The van der Waals surface area contributed by atoms with Crippen molar-refractivity contribution in [3.05, 3.63) is 52.3 Å². The second-order valence-electron chi connectivity index (χ2n) is 6.42. The molecule has 0 fully saturated rings. The third-order valence-electron chi connectivity index (χ3n) is 3.90. The van der Waals surface area contributed by atoms with Gasteiger partial charge in [-0.05, 0) is 30.7 Å². The van der Waals surface area contributed by atoms with Crippen LogP contribution in [0.4, 0.5) is 5.69 Å². The number of amides is 2. The summed E-state index contributed by atoms with van der Waals surface area (Å²) in [5, 5.41) is 14.5. The van der Waals surface area contributed by atoms with Gasteiger partial charge in [0.25, 0.3) is 11.0 Å². The molecular weight excluding hydrogens is 465 g/mol. The Morgan fingerprint density at radius 3 is 2.56 bits per heavy atom. The molecule has 0 saturated heterocycles. The van der Waals surface area contributed by atoms with Gasteiger partial charge in [0.1, 0.15) is 12.4 Å². The van der Waals surface area contributed by atoms with Crippen LogP contribution in [0.1, 0.15) is 23.7 Å². The molecule has 0 spiro atoms. The molecule has 0 aliphatic rings. The molecule has 32 heavy (non-hydrogen) atoms. The largest absolute Gasteiger partial charge is 0.495 e. The van der Waals surface area contributed by atoms with E-state index in [0.29, 0.717) is 22.6 Å². The van der Waals surface area contributed by atoms with E-state index in [9.17, 15) is 19.7 Å². The first-order chi connectivity index (χ1) is 14.3. The number of ether oxygens (including phenoxy) is 1. The van der Waals surface area contributed by atoms with Crippen molar-refractivity contribution in [2.24, 2.45) is 5.73 Å². The van der Waals surface area contributed by atoms with Gasteiger partial charge in [-0.3, -0.25) is 14.6 Å². The molecule has 1 atom stereocenters. The highest BCUT2D eigenvalue weighted by Gasteiger charge is 2.13. The number of aromatic nitrogens is 1. The molecule has 13 heteroatoms. The molecule has 4 N–H and O–H groups in total. The molecule has 11 nitrogen and oxygen atoms in total. The van der Waals surface area contributed by atoms with E-state index >= 15 is 0 Å². The fraction of sp³-hybridized carbons (Fsp3) is 0.316. The molecule has 1 aromatic carbocycles. The van der Waals surface area contributed by atoms with E-state index in [2.05, 4.69) is 20.5 Å². The number of pyridine rings is 1. The highest BCUT2D eigenvalue weighted by molar-refractivity contribution is 5.96. The SMILES string of the molecule is COc1ccc(-c2cncc(C(=O)NCCO[N+](=O)[O-])c2)cc1NC(=O)CC(C)N.Cl.Cl. The summed E-state index contributed by atoms with van der Waals surface area (Å²) >= 11 is 0. The van der Waals surface area contributed by atoms with Crippen molar-refractivity contribution in [3.63, 3.8) is 0 Å². The van der Waals surface area contributed by atoms with Gasteiger partial charge < -0.3 is 25.9 Å². The Kier molecular flexibility index (Phi) is 12.6. The van der Waals surface area contributed by atoms with Crippen LogP contribution in [-0.4, -0.2) is 48.2 Å².